The van der Waals surface area contributed by atoms with Crippen molar-refractivity contribution in [1.82, 2.24) is 0 Å². The fourth-order valence-corrected chi connectivity index (χ4v) is 1.30. The van der Waals surface area contributed by atoms with Crippen LogP contribution < -0.4 is 0 Å². The summed E-state index contributed by atoms with van der Waals surface area (Å²) in [7, 11) is 0. The summed E-state index contributed by atoms with van der Waals surface area (Å²) in [6, 6.07) is 0. The highest BCUT2D eigenvalue weighted by Gasteiger charge is 2.04. The lowest BCUT2D eigenvalue weighted by molar-refractivity contribution is -0.146. The number of hydrogen-bond acceptors (Lipinski definition) is 3. The first-order valence-corrected chi connectivity index (χ1v) is 6.19. The van der Waals surface area contributed by atoms with Gasteiger partial charge in [0.1, 0.15) is 6.61 Å². The van der Waals surface area contributed by atoms with Crippen LogP contribution in [-0.4, -0.2) is 23.7 Å². The zero-order valence-electron chi connectivity index (χ0n) is 10.5. The summed E-state index contributed by atoms with van der Waals surface area (Å²) in [6.45, 7) is 2.42. The number of aliphatic carboxylic acids is 1. The van der Waals surface area contributed by atoms with Crippen LogP contribution in [0.5, 0.6) is 0 Å². The van der Waals surface area contributed by atoms with E-state index in [-0.39, 0.29) is 19.4 Å². The second kappa shape index (κ2) is 11.2. The molecule has 0 aliphatic rings. The number of carboxylic acid groups (broad SMARTS) is 1. The molecule has 17 heavy (non-hydrogen) atoms. The van der Waals surface area contributed by atoms with Crippen LogP contribution in [0.4, 0.5) is 0 Å². The number of ether oxygens (including phenoxy) is 1. The summed E-state index contributed by atoms with van der Waals surface area (Å²) >= 11 is 0. The van der Waals surface area contributed by atoms with Gasteiger partial charge in [0.25, 0.3) is 0 Å². The third-order valence-corrected chi connectivity index (χ3v) is 2.27. The van der Waals surface area contributed by atoms with Gasteiger partial charge in [-0.1, -0.05) is 38.3 Å². The molecule has 0 saturated heterocycles. The van der Waals surface area contributed by atoms with Gasteiger partial charge >= 0.3 is 11.9 Å². The van der Waals surface area contributed by atoms with E-state index in [1.165, 1.54) is 19.3 Å². The van der Waals surface area contributed by atoms with Gasteiger partial charge in [-0.2, -0.15) is 0 Å². The molecule has 0 spiro atoms. The number of rotatable bonds is 10. The van der Waals surface area contributed by atoms with E-state index in [0.717, 1.165) is 12.8 Å². The molecule has 0 heterocycles. The number of allylic oxidation sites excluding steroid dienone is 1. The monoisotopic (exact) mass is 242 g/mol. The number of carbonyl (C=O) groups is 2. The Hall–Kier alpha value is -1.32. The van der Waals surface area contributed by atoms with Crippen molar-refractivity contribution < 1.29 is 19.4 Å². The molecule has 0 aromatic heterocycles. The Labute approximate surface area is 103 Å². The van der Waals surface area contributed by atoms with Gasteiger partial charge in [-0.15, -0.1) is 0 Å². The highest BCUT2D eigenvalue weighted by atomic mass is 16.5. The summed E-state index contributed by atoms with van der Waals surface area (Å²) in [5.74, 6) is -1.43. The van der Waals surface area contributed by atoms with E-state index in [1.807, 2.05) is 12.2 Å². The lowest BCUT2D eigenvalue weighted by Gasteiger charge is -1.99. The number of unbranched alkanes of at least 4 members (excludes halogenated alkanes) is 4. The van der Waals surface area contributed by atoms with Gasteiger partial charge < -0.3 is 9.84 Å². The normalized spacial score (nSPS) is 10.6. The van der Waals surface area contributed by atoms with E-state index in [4.69, 9.17) is 9.84 Å². The Kier molecular flexibility index (Phi) is 10.3. The van der Waals surface area contributed by atoms with E-state index in [0.29, 0.717) is 0 Å². The van der Waals surface area contributed by atoms with Gasteiger partial charge in [-0.3, -0.25) is 9.59 Å². The maximum Gasteiger partial charge on any atom is 0.306 e. The van der Waals surface area contributed by atoms with Crippen molar-refractivity contribution in [2.24, 2.45) is 0 Å². The first-order valence-electron chi connectivity index (χ1n) is 6.19. The van der Waals surface area contributed by atoms with Crippen molar-refractivity contribution in [3.05, 3.63) is 12.2 Å². The highest BCUT2D eigenvalue weighted by Crippen LogP contribution is 2.02. The van der Waals surface area contributed by atoms with E-state index in [9.17, 15) is 9.59 Å². The van der Waals surface area contributed by atoms with Crippen molar-refractivity contribution in [2.75, 3.05) is 6.61 Å². The molecule has 0 rings (SSSR count). The first-order chi connectivity index (χ1) is 8.16. The predicted molar refractivity (Wildman–Crippen MR) is 65.7 cm³/mol. The quantitative estimate of drug-likeness (QED) is 0.363. The minimum Gasteiger partial charge on any atom is -0.481 e. The van der Waals surface area contributed by atoms with E-state index >= 15 is 0 Å². The van der Waals surface area contributed by atoms with Gasteiger partial charge in [-0.05, 0) is 12.8 Å². The SMILES string of the molecule is CCCCCC/C=C\COC(=O)CCC(=O)O. The minimum atomic E-state index is -0.978. The second-order valence-corrected chi connectivity index (χ2v) is 3.90. The molecule has 0 aromatic carbocycles. The van der Waals surface area contributed by atoms with E-state index in [1.54, 1.807) is 0 Å². The Morgan fingerprint density at radius 1 is 1.12 bits per heavy atom. The van der Waals surface area contributed by atoms with Crippen LogP contribution in [0.2, 0.25) is 0 Å². The van der Waals surface area contributed by atoms with Crippen LogP contribution in [0.25, 0.3) is 0 Å². The summed E-state index contributed by atoms with van der Waals surface area (Å²) in [5.41, 5.74) is 0. The maximum absolute atomic E-state index is 11.0. The van der Waals surface area contributed by atoms with Crippen LogP contribution in [-0.2, 0) is 14.3 Å². The van der Waals surface area contributed by atoms with Gasteiger partial charge in [0.15, 0.2) is 0 Å². The van der Waals surface area contributed by atoms with Crippen LogP contribution >= 0.6 is 0 Å². The average Bonchev–Trinajstić information content (AvgIpc) is 2.30. The standard InChI is InChI=1S/C13H22O4/c1-2-3-4-5-6-7-8-11-17-13(16)10-9-12(14)15/h7-8H,2-6,9-11H2,1H3,(H,14,15)/b8-7-. The molecule has 0 fully saturated rings. The molecule has 98 valence electrons. The van der Waals surface area contributed by atoms with Crippen molar-refractivity contribution >= 4 is 11.9 Å². The third-order valence-electron chi connectivity index (χ3n) is 2.27. The lowest BCUT2D eigenvalue weighted by atomic mass is 10.1. The number of hydrogen-bond donors (Lipinski definition) is 1. The molecule has 0 atom stereocenters. The molecule has 0 saturated carbocycles. The summed E-state index contributed by atoms with van der Waals surface area (Å²) in [6.07, 6.45) is 9.48. The number of carboxylic acids is 1. The Bertz CT molecular complexity index is 246. The second-order valence-electron chi connectivity index (χ2n) is 3.90. The first kappa shape index (κ1) is 15.7. The average molecular weight is 242 g/mol. The summed E-state index contributed by atoms with van der Waals surface area (Å²) in [4.78, 5) is 21.2. The van der Waals surface area contributed by atoms with E-state index in [2.05, 4.69) is 6.92 Å². The van der Waals surface area contributed by atoms with Crippen molar-refractivity contribution in [3.8, 4) is 0 Å². The smallest absolute Gasteiger partial charge is 0.306 e. The van der Waals surface area contributed by atoms with E-state index < -0.39 is 11.9 Å². The minimum absolute atomic E-state index is 0.0559. The van der Waals surface area contributed by atoms with Crippen LogP contribution in [0, 0.1) is 0 Å². The molecule has 4 nitrogen and oxygen atoms in total. The third kappa shape index (κ3) is 12.6. The Balaban J connectivity index is 3.33. The molecule has 0 aromatic rings. The molecule has 1 N–H and O–H groups in total. The van der Waals surface area contributed by atoms with Gasteiger partial charge in [0.2, 0.25) is 0 Å². The zero-order chi connectivity index (χ0) is 12.9. The predicted octanol–water partition coefficient (Wildman–Crippen LogP) is 2.92. The molecule has 0 bridgehead atoms. The molecule has 0 aliphatic heterocycles. The number of carbonyl (C=O) groups excluding carboxylic acids is 1. The summed E-state index contributed by atoms with van der Waals surface area (Å²) < 4.78 is 4.83. The number of esters is 1. The lowest BCUT2D eigenvalue weighted by Crippen LogP contribution is -2.07. The zero-order valence-corrected chi connectivity index (χ0v) is 10.5. The van der Waals surface area contributed by atoms with Gasteiger partial charge in [-0.25, -0.2) is 0 Å². The largest absolute Gasteiger partial charge is 0.481 e. The fourth-order valence-electron chi connectivity index (χ4n) is 1.30. The molecular formula is C13H22O4. The molecular weight excluding hydrogens is 220 g/mol. The van der Waals surface area contributed by atoms with Gasteiger partial charge in [0, 0.05) is 0 Å². The van der Waals surface area contributed by atoms with Crippen LogP contribution in [0.3, 0.4) is 0 Å². The fraction of sp³-hybridized carbons (Fsp3) is 0.692. The van der Waals surface area contributed by atoms with Crippen molar-refractivity contribution in [2.45, 2.75) is 51.9 Å². The summed E-state index contributed by atoms with van der Waals surface area (Å²) in [5, 5.41) is 8.35. The molecule has 0 unspecified atom stereocenters. The molecule has 4 heteroatoms. The van der Waals surface area contributed by atoms with Crippen LogP contribution in [0.15, 0.2) is 12.2 Å². The molecule has 0 radical (unpaired) electrons. The Morgan fingerprint density at radius 3 is 2.53 bits per heavy atom. The Morgan fingerprint density at radius 2 is 1.88 bits per heavy atom. The molecule has 0 amide bonds. The molecule has 0 aliphatic carbocycles. The van der Waals surface area contributed by atoms with Crippen molar-refractivity contribution in [3.63, 3.8) is 0 Å². The van der Waals surface area contributed by atoms with Crippen molar-refractivity contribution in [1.29, 1.82) is 0 Å². The van der Waals surface area contributed by atoms with Crippen LogP contribution in [0.1, 0.15) is 51.9 Å². The van der Waals surface area contributed by atoms with Gasteiger partial charge in [0.05, 0.1) is 12.8 Å². The maximum atomic E-state index is 11.0. The topological polar surface area (TPSA) is 63.6 Å². The highest BCUT2D eigenvalue weighted by molar-refractivity contribution is 5.76.